The molecule has 1 atom stereocenters. The summed E-state index contributed by atoms with van der Waals surface area (Å²) < 4.78 is 25.2. The van der Waals surface area contributed by atoms with Gasteiger partial charge in [-0.15, -0.1) is 0 Å². The summed E-state index contributed by atoms with van der Waals surface area (Å²) in [5.74, 6) is 0.703. The summed E-state index contributed by atoms with van der Waals surface area (Å²) in [6.45, 7) is 20.8. The lowest BCUT2D eigenvalue weighted by Gasteiger charge is -2.36. The Hall–Kier alpha value is -1.48. The maximum Gasteiger partial charge on any atom is 0.261 e. The predicted octanol–water partition coefficient (Wildman–Crippen LogP) is 5.08. The largest absolute Gasteiger partial charge is 0.591 e. The van der Waals surface area contributed by atoms with Crippen molar-refractivity contribution in [1.82, 2.24) is 9.55 Å². The fraction of sp³-hybridized carbons (Fsp3) is 0.625. The fourth-order valence-corrected chi connectivity index (χ4v) is 4.51. The van der Waals surface area contributed by atoms with Gasteiger partial charge in [-0.25, -0.2) is 4.98 Å². The summed E-state index contributed by atoms with van der Waals surface area (Å²) in [5.41, 5.74) is 2.75. The van der Waals surface area contributed by atoms with Crippen molar-refractivity contribution in [2.24, 2.45) is 11.4 Å². The molecule has 0 fully saturated rings. The summed E-state index contributed by atoms with van der Waals surface area (Å²) in [4.78, 5) is 17.9. The average Bonchev–Trinajstić information content (AvgIpc) is 2.65. The van der Waals surface area contributed by atoms with Crippen LogP contribution < -0.4 is 5.56 Å². The van der Waals surface area contributed by atoms with Gasteiger partial charge in [-0.3, -0.25) is 9.36 Å². The Kier molecular flexibility index (Phi) is 7.87. The van der Waals surface area contributed by atoms with Gasteiger partial charge in [0.2, 0.25) is 0 Å². The molecular weight excluding hydrogens is 438 g/mol. The van der Waals surface area contributed by atoms with Gasteiger partial charge in [-0.05, 0) is 63.5 Å². The van der Waals surface area contributed by atoms with Crippen molar-refractivity contribution in [1.29, 1.82) is 0 Å². The van der Waals surface area contributed by atoms with Gasteiger partial charge in [0.1, 0.15) is 27.6 Å². The van der Waals surface area contributed by atoms with Gasteiger partial charge in [0.25, 0.3) is 5.56 Å². The number of fused-ring (bicyclic) bond motifs is 1. The van der Waals surface area contributed by atoms with Crippen LogP contribution in [0, 0.1) is 6.92 Å². The minimum absolute atomic E-state index is 0.0273. The molecule has 0 saturated carbocycles. The number of benzene rings is 1. The van der Waals surface area contributed by atoms with Crippen LogP contribution in [0.4, 0.5) is 0 Å². The number of hydrogen-bond donors (Lipinski definition) is 0. The third kappa shape index (κ3) is 5.71. The number of aromatic nitrogens is 2. The molecule has 0 aliphatic heterocycles. The molecule has 0 saturated heterocycles. The molecular formula is C24H39N3O3SSi. The first-order valence-corrected chi connectivity index (χ1v) is 15.1. The van der Waals surface area contributed by atoms with E-state index in [2.05, 4.69) is 38.3 Å². The molecule has 0 unspecified atom stereocenters. The van der Waals surface area contributed by atoms with E-state index in [-0.39, 0.29) is 17.2 Å². The van der Waals surface area contributed by atoms with Crippen molar-refractivity contribution in [2.45, 2.75) is 84.7 Å². The van der Waals surface area contributed by atoms with Crippen molar-refractivity contribution in [2.75, 3.05) is 6.61 Å². The molecule has 0 N–H and O–H groups in total. The van der Waals surface area contributed by atoms with Crippen LogP contribution in [0.15, 0.2) is 21.3 Å². The SMILES string of the molecule is CCc1nc2c(C(CO[Si](C)(C)C(C)(C)C)=N[S@+]([O-])C(C)(C)C)cc(C)cc2c(=O)n1C. The zero-order valence-electron chi connectivity index (χ0n) is 21.5. The molecule has 8 heteroatoms. The van der Waals surface area contributed by atoms with E-state index < -0.39 is 24.4 Å². The summed E-state index contributed by atoms with van der Waals surface area (Å²) in [5, 5.41) is 0.570. The molecule has 0 aliphatic rings. The lowest BCUT2D eigenvalue weighted by Crippen LogP contribution is -2.42. The molecule has 6 nitrogen and oxygen atoms in total. The van der Waals surface area contributed by atoms with Crippen LogP contribution in [0.2, 0.25) is 18.1 Å². The van der Waals surface area contributed by atoms with E-state index in [0.717, 1.165) is 11.1 Å². The van der Waals surface area contributed by atoms with Crippen LogP contribution in [-0.4, -0.2) is 39.5 Å². The first-order valence-electron chi connectivity index (χ1n) is 11.1. The first-order chi connectivity index (χ1) is 14.5. The Morgan fingerprint density at radius 2 is 1.81 bits per heavy atom. The zero-order valence-corrected chi connectivity index (χ0v) is 23.4. The number of aryl methyl sites for hydroxylation is 2. The van der Waals surface area contributed by atoms with E-state index >= 15 is 0 Å². The quantitative estimate of drug-likeness (QED) is 0.330. The summed E-state index contributed by atoms with van der Waals surface area (Å²) >= 11 is -1.47. The van der Waals surface area contributed by atoms with Crippen LogP contribution in [0.1, 0.15) is 65.4 Å². The zero-order chi connectivity index (χ0) is 24.6. The highest BCUT2D eigenvalue weighted by atomic mass is 32.2. The van der Waals surface area contributed by atoms with Crippen LogP contribution in [0.5, 0.6) is 0 Å². The van der Waals surface area contributed by atoms with Crippen molar-refractivity contribution < 1.29 is 8.98 Å². The average molecular weight is 478 g/mol. The van der Waals surface area contributed by atoms with Crippen molar-refractivity contribution in [3.8, 4) is 0 Å². The second-order valence-electron chi connectivity index (χ2n) is 10.9. The van der Waals surface area contributed by atoms with Gasteiger partial charge in [0.15, 0.2) is 8.32 Å². The standard InChI is InChI=1S/C24H39N3O3SSi/c1-12-20-25-21-17(13-16(2)14-18(21)22(28)27(20)9)19(26-31(29)23(3,4)5)15-30-32(10,11)24(6,7)8/h13-14H,12,15H2,1-11H3/t31-/m1/s1. The molecule has 32 heavy (non-hydrogen) atoms. The lowest BCUT2D eigenvalue weighted by atomic mass is 10.0. The summed E-state index contributed by atoms with van der Waals surface area (Å²) in [6, 6.07) is 3.84. The van der Waals surface area contributed by atoms with E-state index in [1.807, 2.05) is 46.8 Å². The molecule has 2 aromatic rings. The second kappa shape index (κ2) is 9.41. The first kappa shape index (κ1) is 26.8. The fourth-order valence-electron chi connectivity index (χ4n) is 2.96. The molecule has 1 aromatic carbocycles. The molecule has 1 aromatic heterocycles. The smallest absolute Gasteiger partial charge is 0.261 e. The highest BCUT2D eigenvalue weighted by Crippen LogP contribution is 2.36. The lowest BCUT2D eigenvalue weighted by molar-refractivity contribution is 0.340. The van der Waals surface area contributed by atoms with Crippen molar-refractivity contribution in [3.63, 3.8) is 0 Å². The molecule has 0 spiro atoms. The highest BCUT2D eigenvalue weighted by Gasteiger charge is 2.38. The Bertz CT molecular complexity index is 1080. The van der Waals surface area contributed by atoms with Gasteiger partial charge in [-0.2, -0.15) is 0 Å². The maximum atomic E-state index is 13.1. The van der Waals surface area contributed by atoms with Crippen molar-refractivity contribution in [3.05, 3.63) is 39.4 Å². The third-order valence-corrected chi connectivity index (χ3v) is 12.0. The predicted molar refractivity (Wildman–Crippen MR) is 139 cm³/mol. The van der Waals surface area contributed by atoms with E-state index in [4.69, 9.17) is 9.41 Å². The number of nitrogens with zero attached hydrogens (tertiary/aromatic N) is 3. The molecule has 2 rings (SSSR count). The van der Waals surface area contributed by atoms with Gasteiger partial charge in [0, 0.05) is 19.0 Å². The normalized spacial score (nSPS) is 14.8. The minimum atomic E-state index is -2.08. The van der Waals surface area contributed by atoms with E-state index in [1.165, 1.54) is 0 Å². The Morgan fingerprint density at radius 3 is 2.31 bits per heavy atom. The topological polar surface area (TPSA) is 79.5 Å². The molecule has 178 valence electrons. The Labute approximate surface area is 197 Å². The highest BCUT2D eigenvalue weighted by molar-refractivity contribution is 7.91. The molecule has 1 heterocycles. The number of rotatable bonds is 6. The molecule has 0 bridgehead atoms. The molecule has 0 radical (unpaired) electrons. The Morgan fingerprint density at radius 1 is 1.22 bits per heavy atom. The van der Waals surface area contributed by atoms with Gasteiger partial charge in [0.05, 0.1) is 17.5 Å². The monoisotopic (exact) mass is 477 g/mol. The van der Waals surface area contributed by atoms with Crippen LogP contribution >= 0.6 is 0 Å². The number of hydrogen-bond acceptors (Lipinski definition) is 5. The van der Waals surface area contributed by atoms with Gasteiger partial charge >= 0.3 is 0 Å². The second-order valence-corrected chi connectivity index (χ2v) is 17.6. The van der Waals surface area contributed by atoms with Crippen molar-refractivity contribution >= 4 is 36.3 Å². The summed E-state index contributed by atoms with van der Waals surface area (Å²) in [7, 11) is -0.332. The maximum absolute atomic E-state index is 13.1. The Balaban J connectivity index is 2.77. The van der Waals surface area contributed by atoms with E-state index in [9.17, 15) is 9.35 Å². The van der Waals surface area contributed by atoms with Crippen LogP contribution in [0.3, 0.4) is 0 Å². The minimum Gasteiger partial charge on any atom is -0.591 e. The van der Waals surface area contributed by atoms with Crippen LogP contribution in [0.25, 0.3) is 10.9 Å². The van der Waals surface area contributed by atoms with Gasteiger partial charge in [-0.1, -0.05) is 32.1 Å². The van der Waals surface area contributed by atoms with Gasteiger partial charge < -0.3 is 8.98 Å². The molecule has 0 amide bonds. The molecule has 0 aliphatic carbocycles. The van der Waals surface area contributed by atoms with Crippen LogP contribution in [-0.2, 0) is 29.3 Å². The van der Waals surface area contributed by atoms with E-state index in [0.29, 0.717) is 28.9 Å². The third-order valence-electron chi connectivity index (χ3n) is 6.14. The summed E-state index contributed by atoms with van der Waals surface area (Å²) in [6.07, 6.45) is 0.635. The van der Waals surface area contributed by atoms with E-state index in [1.54, 1.807) is 11.6 Å².